The van der Waals surface area contributed by atoms with E-state index in [0.29, 0.717) is 0 Å². The molecular formula is C19H43N5. The smallest absolute Gasteiger partial charge is 0.0177 e. The van der Waals surface area contributed by atoms with Crippen molar-refractivity contribution in [2.24, 2.45) is 0 Å². The highest BCUT2D eigenvalue weighted by atomic mass is 14.9. The Morgan fingerprint density at radius 1 is 0.583 bits per heavy atom. The zero-order valence-corrected chi connectivity index (χ0v) is 16.5. The zero-order valence-electron chi connectivity index (χ0n) is 16.5. The monoisotopic (exact) mass is 341 g/mol. The largest absolute Gasteiger partial charge is 0.317 e. The fourth-order valence-electron chi connectivity index (χ4n) is 2.41. The average molecular weight is 342 g/mol. The lowest BCUT2D eigenvalue weighted by atomic mass is 10.2. The molecule has 0 spiro atoms. The van der Waals surface area contributed by atoms with E-state index < -0.39 is 0 Å². The first kappa shape index (κ1) is 23.5. The van der Waals surface area contributed by atoms with Crippen molar-refractivity contribution in [3.63, 3.8) is 0 Å². The molecule has 0 aliphatic rings. The molecule has 0 aliphatic heterocycles. The van der Waals surface area contributed by atoms with Gasteiger partial charge in [0.1, 0.15) is 0 Å². The Morgan fingerprint density at radius 2 is 1.04 bits per heavy atom. The molecule has 0 radical (unpaired) electrons. The molecule has 0 aliphatic carbocycles. The van der Waals surface area contributed by atoms with Gasteiger partial charge in [0.25, 0.3) is 0 Å². The molecule has 0 saturated carbocycles. The van der Waals surface area contributed by atoms with E-state index in [0.717, 1.165) is 65.4 Å². The van der Waals surface area contributed by atoms with Crippen LogP contribution < -0.4 is 26.6 Å². The van der Waals surface area contributed by atoms with E-state index in [9.17, 15) is 0 Å². The lowest BCUT2D eigenvalue weighted by Crippen LogP contribution is -2.27. The summed E-state index contributed by atoms with van der Waals surface area (Å²) in [5, 5.41) is 17.3. The van der Waals surface area contributed by atoms with Gasteiger partial charge in [0, 0.05) is 19.6 Å². The first-order valence-electron chi connectivity index (χ1n) is 10.1. The van der Waals surface area contributed by atoms with Gasteiger partial charge in [-0.15, -0.1) is 0 Å². The highest BCUT2D eigenvalue weighted by Gasteiger charge is 1.97. The fraction of sp³-hybridized carbons (Fsp3) is 0.895. The van der Waals surface area contributed by atoms with Gasteiger partial charge in [-0.05, 0) is 77.1 Å². The van der Waals surface area contributed by atoms with Gasteiger partial charge in [0.05, 0.1) is 0 Å². The number of hydrogen-bond acceptors (Lipinski definition) is 5. The summed E-state index contributed by atoms with van der Waals surface area (Å²) in [7, 11) is 0. The molecule has 0 heterocycles. The minimum absolute atomic E-state index is 0.976. The van der Waals surface area contributed by atoms with E-state index >= 15 is 0 Å². The van der Waals surface area contributed by atoms with Crippen molar-refractivity contribution >= 4 is 0 Å². The molecule has 5 heteroatoms. The molecule has 5 nitrogen and oxygen atoms in total. The summed E-state index contributed by atoms with van der Waals surface area (Å²) in [5.74, 6) is 0. The van der Waals surface area contributed by atoms with Crippen molar-refractivity contribution < 1.29 is 0 Å². The predicted octanol–water partition coefficient (Wildman–Crippen LogP) is 1.48. The maximum Gasteiger partial charge on any atom is 0.0177 e. The van der Waals surface area contributed by atoms with Crippen LogP contribution in [0, 0.1) is 0 Å². The Kier molecular flexibility index (Phi) is 20.2. The highest BCUT2D eigenvalue weighted by Crippen LogP contribution is 1.92. The first-order chi connectivity index (χ1) is 11.8. The molecule has 5 N–H and O–H groups in total. The number of unbranched alkanes of at least 4 members (excludes halogenated alkanes) is 2. The Labute approximate surface area is 150 Å². The van der Waals surface area contributed by atoms with Crippen molar-refractivity contribution in [3.8, 4) is 0 Å². The van der Waals surface area contributed by atoms with E-state index in [2.05, 4.69) is 53.4 Å². The van der Waals surface area contributed by atoms with Crippen LogP contribution in [0.5, 0.6) is 0 Å². The molecule has 0 aromatic heterocycles. The van der Waals surface area contributed by atoms with Crippen molar-refractivity contribution in [3.05, 3.63) is 11.6 Å². The van der Waals surface area contributed by atoms with Gasteiger partial charge in [-0.2, -0.15) is 0 Å². The Bertz CT molecular complexity index is 268. The van der Waals surface area contributed by atoms with Crippen LogP contribution >= 0.6 is 0 Å². The van der Waals surface area contributed by atoms with E-state index in [1.54, 1.807) is 0 Å². The van der Waals surface area contributed by atoms with Gasteiger partial charge in [-0.25, -0.2) is 0 Å². The third kappa shape index (κ3) is 17.9. The lowest BCUT2D eigenvalue weighted by molar-refractivity contribution is 0.596. The molecule has 0 rings (SSSR count). The minimum atomic E-state index is 0.976. The number of rotatable bonds is 19. The number of likely N-dealkylation sites (N-methyl/N-ethyl adjacent to an activating group) is 1. The molecule has 0 unspecified atom stereocenters. The summed E-state index contributed by atoms with van der Waals surface area (Å²) >= 11 is 0. The van der Waals surface area contributed by atoms with Crippen LogP contribution in [0.3, 0.4) is 0 Å². The molecule has 0 atom stereocenters. The van der Waals surface area contributed by atoms with Gasteiger partial charge in [-0.3, -0.25) is 0 Å². The second kappa shape index (κ2) is 20.6. The summed E-state index contributed by atoms with van der Waals surface area (Å²) in [6.45, 7) is 17.1. The quantitative estimate of drug-likeness (QED) is 0.182. The Hall–Kier alpha value is -0.460. The average Bonchev–Trinajstić information content (AvgIpc) is 2.60. The molecule has 0 saturated heterocycles. The fourth-order valence-corrected chi connectivity index (χ4v) is 2.41. The minimum Gasteiger partial charge on any atom is -0.317 e. The van der Waals surface area contributed by atoms with Gasteiger partial charge in [0.2, 0.25) is 0 Å². The zero-order chi connectivity index (χ0) is 17.7. The van der Waals surface area contributed by atoms with Crippen molar-refractivity contribution in [2.45, 2.75) is 46.5 Å². The maximum absolute atomic E-state index is 3.57. The third-order valence-corrected chi connectivity index (χ3v) is 3.90. The second-order valence-corrected chi connectivity index (χ2v) is 6.14. The molecule has 0 fully saturated rings. The highest BCUT2D eigenvalue weighted by molar-refractivity contribution is 5.07. The van der Waals surface area contributed by atoms with E-state index in [1.807, 2.05) is 0 Å². The molecule has 0 bridgehead atoms. The summed E-state index contributed by atoms with van der Waals surface area (Å²) < 4.78 is 0. The van der Waals surface area contributed by atoms with Crippen LogP contribution in [-0.2, 0) is 0 Å². The van der Waals surface area contributed by atoms with Crippen molar-refractivity contribution in [1.29, 1.82) is 0 Å². The van der Waals surface area contributed by atoms with Crippen molar-refractivity contribution in [1.82, 2.24) is 26.6 Å². The third-order valence-electron chi connectivity index (χ3n) is 3.90. The summed E-state index contributed by atoms with van der Waals surface area (Å²) in [6.07, 6.45) is 7.34. The van der Waals surface area contributed by atoms with Crippen LogP contribution in [0.2, 0.25) is 0 Å². The van der Waals surface area contributed by atoms with Crippen LogP contribution in [0.25, 0.3) is 0 Å². The van der Waals surface area contributed by atoms with Crippen molar-refractivity contribution in [2.75, 3.05) is 65.4 Å². The van der Waals surface area contributed by atoms with E-state index in [4.69, 9.17) is 0 Å². The molecule has 0 amide bonds. The van der Waals surface area contributed by atoms with E-state index in [-0.39, 0.29) is 0 Å². The standard InChI is InChI=1S/C19H43N5/c1-4-20-12-7-9-14-23-16-11-19(17-22-6-3)18-24-15-10-8-13-21-5-2/h11,20-24H,4-10,12-18H2,1-3H3/b19-11-. The summed E-state index contributed by atoms with van der Waals surface area (Å²) in [4.78, 5) is 0. The molecular weight excluding hydrogens is 298 g/mol. The van der Waals surface area contributed by atoms with Gasteiger partial charge in [0.15, 0.2) is 0 Å². The van der Waals surface area contributed by atoms with Gasteiger partial charge < -0.3 is 26.6 Å². The first-order valence-corrected chi connectivity index (χ1v) is 10.1. The van der Waals surface area contributed by atoms with Crippen LogP contribution in [0.1, 0.15) is 46.5 Å². The molecule has 24 heavy (non-hydrogen) atoms. The predicted molar refractivity (Wildman–Crippen MR) is 108 cm³/mol. The topological polar surface area (TPSA) is 60.1 Å². The number of nitrogens with one attached hydrogen (secondary N) is 5. The Morgan fingerprint density at radius 3 is 1.58 bits per heavy atom. The normalized spacial score (nSPS) is 12.0. The Balaban J connectivity index is 3.70. The van der Waals surface area contributed by atoms with E-state index in [1.165, 1.54) is 31.3 Å². The van der Waals surface area contributed by atoms with Gasteiger partial charge in [-0.1, -0.05) is 26.8 Å². The van der Waals surface area contributed by atoms with Gasteiger partial charge >= 0.3 is 0 Å². The second-order valence-electron chi connectivity index (χ2n) is 6.14. The SMILES string of the molecule is CCNCCCCNC/C=C(/CNCC)CNCCCCNCC. The lowest BCUT2D eigenvalue weighted by Gasteiger charge is -2.11. The van der Waals surface area contributed by atoms with Crippen LogP contribution in [0.15, 0.2) is 11.6 Å². The molecule has 0 aromatic rings. The summed E-state index contributed by atoms with van der Waals surface area (Å²) in [6, 6.07) is 0. The molecule has 0 aromatic carbocycles. The summed E-state index contributed by atoms with van der Waals surface area (Å²) in [5.41, 5.74) is 1.46. The number of hydrogen-bond donors (Lipinski definition) is 5. The van der Waals surface area contributed by atoms with Crippen LogP contribution in [-0.4, -0.2) is 65.4 Å². The maximum atomic E-state index is 3.57. The molecule has 144 valence electrons. The van der Waals surface area contributed by atoms with Crippen LogP contribution in [0.4, 0.5) is 0 Å².